The Morgan fingerprint density at radius 2 is 1.30 bits per heavy atom. The van der Waals surface area contributed by atoms with Crippen LogP contribution in [-0.2, 0) is 0 Å². The Hall–Kier alpha value is -5.52. The lowest BCUT2D eigenvalue weighted by molar-refractivity contribution is 0.662. The Morgan fingerprint density at radius 1 is 0.558 bits per heavy atom. The van der Waals surface area contributed by atoms with Crippen LogP contribution in [0.5, 0.6) is 0 Å². The van der Waals surface area contributed by atoms with E-state index in [1.807, 2.05) is 29.5 Å². The molecule has 0 radical (unpaired) electrons. The summed E-state index contributed by atoms with van der Waals surface area (Å²) in [5, 5.41) is 8.30. The molecule has 4 nitrogen and oxygen atoms in total. The van der Waals surface area contributed by atoms with Crippen molar-refractivity contribution in [2.75, 3.05) is 0 Å². The van der Waals surface area contributed by atoms with Gasteiger partial charge in [-0.15, -0.1) is 11.3 Å². The number of nitrogens with zero attached hydrogens (tertiary/aromatic N) is 3. The molecule has 4 aromatic heterocycles. The molecular formula is C38H21N3OS. The van der Waals surface area contributed by atoms with Crippen LogP contribution in [0.4, 0.5) is 0 Å². The van der Waals surface area contributed by atoms with E-state index in [0.717, 1.165) is 38.9 Å². The fourth-order valence-electron chi connectivity index (χ4n) is 6.69. The van der Waals surface area contributed by atoms with Gasteiger partial charge in [0, 0.05) is 41.9 Å². The lowest BCUT2D eigenvalue weighted by Crippen LogP contribution is -2.01. The first kappa shape index (κ1) is 23.1. The van der Waals surface area contributed by atoms with Crippen molar-refractivity contribution in [1.82, 2.24) is 14.5 Å². The lowest BCUT2D eigenvalue weighted by Gasteiger charge is -2.10. The van der Waals surface area contributed by atoms with Gasteiger partial charge < -0.3 is 4.42 Å². The van der Waals surface area contributed by atoms with Crippen LogP contribution >= 0.6 is 11.3 Å². The second-order valence-corrected chi connectivity index (χ2v) is 12.1. The van der Waals surface area contributed by atoms with Crippen molar-refractivity contribution in [3.05, 3.63) is 127 Å². The zero-order chi connectivity index (χ0) is 28.1. The van der Waals surface area contributed by atoms with Crippen molar-refractivity contribution in [2.24, 2.45) is 0 Å². The third-order valence-corrected chi connectivity index (χ3v) is 9.76. The number of benzene rings is 6. The molecule has 200 valence electrons. The molecule has 5 heteroatoms. The summed E-state index contributed by atoms with van der Waals surface area (Å²) < 4.78 is 11.4. The smallest absolute Gasteiger partial charge is 0.197 e. The zero-order valence-corrected chi connectivity index (χ0v) is 23.6. The van der Waals surface area contributed by atoms with Gasteiger partial charge in [0.1, 0.15) is 11.1 Å². The fourth-order valence-corrected chi connectivity index (χ4v) is 7.78. The van der Waals surface area contributed by atoms with E-state index in [4.69, 9.17) is 14.4 Å². The van der Waals surface area contributed by atoms with Gasteiger partial charge in [0.2, 0.25) is 0 Å². The highest BCUT2D eigenvalue weighted by Gasteiger charge is 2.22. The van der Waals surface area contributed by atoms with Crippen LogP contribution in [0, 0.1) is 0 Å². The molecule has 0 aliphatic rings. The number of fused-ring (bicyclic) bond motifs is 11. The topological polar surface area (TPSA) is 43.9 Å². The zero-order valence-electron chi connectivity index (χ0n) is 22.8. The van der Waals surface area contributed by atoms with Gasteiger partial charge in [0.15, 0.2) is 17.2 Å². The third-order valence-electron chi connectivity index (χ3n) is 8.61. The number of furan rings is 1. The molecule has 10 aromatic rings. The first-order valence-electron chi connectivity index (χ1n) is 14.3. The Labute approximate surface area is 249 Å². The molecule has 0 saturated carbocycles. The molecule has 43 heavy (non-hydrogen) atoms. The van der Waals surface area contributed by atoms with Crippen LogP contribution in [0.1, 0.15) is 0 Å². The van der Waals surface area contributed by atoms with E-state index in [9.17, 15) is 0 Å². The fraction of sp³-hybridized carbons (Fsp3) is 0. The molecule has 10 rings (SSSR count). The van der Waals surface area contributed by atoms with Crippen LogP contribution in [0.3, 0.4) is 0 Å². The number of para-hydroxylation sites is 2. The highest BCUT2D eigenvalue weighted by atomic mass is 32.1. The molecule has 4 heterocycles. The van der Waals surface area contributed by atoms with Crippen molar-refractivity contribution in [3.8, 4) is 17.2 Å². The van der Waals surface area contributed by atoms with Gasteiger partial charge in [-0.25, -0.2) is 9.97 Å². The summed E-state index contributed by atoms with van der Waals surface area (Å²) in [5.74, 6) is 1.42. The maximum Gasteiger partial charge on any atom is 0.197 e. The second kappa shape index (κ2) is 8.51. The molecule has 0 atom stereocenters. The van der Waals surface area contributed by atoms with Gasteiger partial charge in [-0.1, -0.05) is 78.9 Å². The summed E-state index contributed by atoms with van der Waals surface area (Å²) >= 11 is 1.82. The monoisotopic (exact) mass is 567 g/mol. The van der Waals surface area contributed by atoms with Gasteiger partial charge in [-0.2, -0.15) is 0 Å². The van der Waals surface area contributed by atoms with Crippen LogP contribution in [0.25, 0.3) is 92.0 Å². The maximum atomic E-state index is 6.55. The quantitative estimate of drug-likeness (QED) is 0.209. The molecule has 0 unspecified atom stereocenters. The molecule has 0 saturated heterocycles. The Balaban J connectivity index is 1.35. The summed E-state index contributed by atoms with van der Waals surface area (Å²) in [5.41, 5.74) is 5.46. The molecular weight excluding hydrogens is 547 g/mol. The minimum absolute atomic E-state index is 0.679. The Kier molecular flexibility index (Phi) is 4.57. The predicted molar refractivity (Wildman–Crippen MR) is 179 cm³/mol. The number of hydrogen-bond acceptors (Lipinski definition) is 4. The van der Waals surface area contributed by atoms with E-state index >= 15 is 0 Å². The van der Waals surface area contributed by atoms with Crippen LogP contribution < -0.4 is 0 Å². The second-order valence-electron chi connectivity index (χ2n) is 11.0. The van der Waals surface area contributed by atoms with Gasteiger partial charge in [-0.05, 0) is 59.3 Å². The van der Waals surface area contributed by atoms with E-state index < -0.39 is 0 Å². The predicted octanol–water partition coefficient (Wildman–Crippen LogP) is 10.7. The first-order valence-corrected chi connectivity index (χ1v) is 15.2. The average molecular weight is 568 g/mol. The molecule has 0 bridgehead atoms. The molecule has 0 amide bonds. The van der Waals surface area contributed by atoms with Gasteiger partial charge >= 0.3 is 0 Å². The minimum Gasteiger partial charge on any atom is -0.450 e. The highest BCUT2D eigenvalue weighted by Crippen LogP contribution is 2.41. The van der Waals surface area contributed by atoms with Gasteiger partial charge in [0.25, 0.3) is 0 Å². The largest absolute Gasteiger partial charge is 0.450 e. The third kappa shape index (κ3) is 3.20. The van der Waals surface area contributed by atoms with Gasteiger partial charge in [0.05, 0.1) is 11.0 Å². The normalized spacial score (nSPS) is 12.2. The van der Waals surface area contributed by atoms with Crippen molar-refractivity contribution >= 4 is 86.2 Å². The number of aromatic nitrogens is 3. The van der Waals surface area contributed by atoms with Crippen molar-refractivity contribution in [3.63, 3.8) is 0 Å². The SMILES string of the molecule is c1ccc2c(c1)ccc1c2c2ccccc2n1-c1nc(-c2ccc3sc4ccccc4c3c2)nc2c1oc1ccccc12. The summed E-state index contributed by atoms with van der Waals surface area (Å²) in [4.78, 5) is 10.5. The molecule has 6 aromatic carbocycles. The van der Waals surface area contributed by atoms with E-state index in [0.29, 0.717) is 11.4 Å². The summed E-state index contributed by atoms with van der Waals surface area (Å²) in [6.07, 6.45) is 0. The Morgan fingerprint density at radius 3 is 2.23 bits per heavy atom. The van der Waals surface area contributed by atoms with Gasteiger partial charge in [-0.3, -0.25) is 4.57 Å². The Bertz CT molecular complexity index is 2750. The standard InChI is InChI=1S/C38H21N3OS/c1-2-10-24-22(9-1)17-19-30-34(24)26-12-3-6-14-29(26)41(30)38-36-35(27-13-4-7-15-31(27)42-36)39-37(40-38)23-18-20-33-28(21-23)25-11-5-8-16-32(25)43-33/h1-21H. The summed E-state index contributed by atoms with van der Waals surface area (Å²) in [7, 11) is 0. The number of hydrogen-bond donors (Lipinski definition) is 0. The number of rotatable bonds is 2. The summed E-state index contributed by atoms with van der Waals surface area (Å²) in [6, 6.07) is 44.8. The molecule has 0 N–H and O–H groups in total. The number of thiophene rings is 1. The lowest BCUT2D eigenvalue weighted by atomic mass is 10.0. The van der Waals surface area contributed by atoms with Crippen molar-refractivity contribution in [2.45, 2.75) is 0 Å². The van der Waals surface area contributed by atoms with Crippen molar-refractivity contribution < 1.29 is 4.42 Å². The molecule has 0 aliphatic heterocycles. The van der Waals surface area contributed by atoms with Crippen LogP contribution in [0.2, 0.25) is 0 Å². The maximum absolute atomic E-state index is 6.55. The van der Waals surface area contributed by atoms with Crippen LogP contribution in [0.15, 0.2) is 132 Å². The minimum atomic E-state index is 0.679. The summed E-state index contributed by atoms with van der Waals surface area (Å²) in [6.45, 7) is 0. The van der Waals surface area contributed by atoms with Crippen LogP contribution in [-0.4, -0.2) is 14.5 Å². The molecule has 0 aliphatic carbocycles. The molecule has 0 fully saturated rings. The average Bonchev–Trinajstić information content (AvgIpc) is 3.73. The van der Waals surface area contributed by atoms with E-state index in [-0.39, 0.29) is 0 Å². The van der Waals surface area contributed by atoms with Crippen molar-refractivity contribution in [1.29, 1.82) is 0 Å². The van der Waals surface area contributed by atoms with E-state index in [1.54, 1.807) is 0 Å². The van der Waals surface area contributed by atoms with E-state index in [1.165, 1.54) is 41.7 Å². The van der Waals surface area contributed by atoms with E-state index in [2.05, 4.69) is 114 Å². The highest BCUT2D eigenvalue weighted by molar-refractivity contribution is 7.25. The molecule has 0 spiro atoms. The first-order chi connectivity index (χ1) is 21.3.